The molecule has 5 nitrogen and oxygen atoms in total. The summed E-state index contributed by atoms with van der Waals surface area (Å²) in [5, 5.41) is 3.29. The molecular formula is C12H19N3O2. The van der Waals surface area contributed by atoms with E-state index in [0.717, 1.165) is 13.0 Å². The Balaban J connectivity index is 2.31. The van der Waals surface area contributed by atoms with Crippen LogP contribution in [-0.2, 0) is 0 Å². The minimum absolute atomic E-state index is 0.412. The summed E-state index contributed by atoms with van der Waals surface area (Å²) in [6.45, 7) is 5.65. The van der Waals surface area contributed by atoms with Gasteiger partial charge in [0, 0.05) is 23.9 Å². The number of amides is 1. The molecule has 3 N–H and O–H groups in total. The molecule has 5 heteroatoms. The molecule has 0 aliphatic heterocycles. The van der Waals surface area contributed by atoms with Crippen LogP contribution in [0.5, 0.6) is 5.88 Å². The molecule has 0 atom stereocenters. The van der Waals surface area contributed by atoms with Gasteiger partial charge in [-0.2, -0.15) is 0 Å². The van der Waals surface area contributed by atoms with Crippen LogP contribution in [0.4, 0.5) is 0 Å². The van der Waals surface area contributed by atoms with E-state index < -0.39 is 5.91 Å². The van der Waals surface area contributed by atoms with Gasteiger partial charge in [-0.1, -0.05) is 13.8 Å². The van der Waals surface area contributed by atoms with Crippen LogP contribution in [-0.4, -0.2) is 30.1 Å². The van der Waals surface area contributed by atoms with E-state index >= 15 is 0 Å². The Bertz CT molecular complexity index is 367. The third kappa shape index (κ3) is 5.31. The van der Waals surface area contributed by atoms with Gasteiger partial charge in [-0.3, -0.25) is 4.79 Å². The average molecular weight is 237 g/mol. The standard InChI is InChI=1S/C12H19N3O2/c1-9(2)14-5-3-7-17-11-8-10(12(13)16)4-6-15-11/h4,6,8-9,14H,3,5,7H2,1-2H3,(H2,13,16). The van der Waals surface area contributed by atoms with Gasteiger partial charge < -0.3 is 15.8 Å². The molecule has 17 heavy (non-hydrogen) atoms. The first-order valence-electron chi connectivity index (χ1n) is 5.71. The Labute approximate surface area is 101 Å². The molecule has 1 rings (SSSR count). The lowest BCUT2D eigenvalue weighted by molar-refractivity contribution is 0.0999. The van der Waals surface area contributed by atoms with E-state index in [9.17, 15) is 4.79 Å². The number of nitrogens with one attached hydrogen (secondary N) is 1. The second kappa shape index (κ2) is 6.85. The molecule has 94 valence electrons. The molecule has 1 amide bonds. The number of rotatable bonds is 7. The number of hydrogen-bond acceptors (Lipinski definition) is 4. The Morgan fingerprint density at radius 1 is 1.59 bits per heavy atom. The maximum Gasteiger partial charge on any atom is 0.248 e. The highest BCUT2D eigenvalue weighted by Crippen LogP contribution is 2.08. The minimum Gasteiger partial charge on any atom is -0.478 e. The van der Waals surface area contributed by atoms with Crippen molar-refractivity contribution < 1.29 is 9.53 Å². The summed E-state index contributed by atoms with van der Waals surface area (Å²) in [7, 11) is 0. The molecular weight excluding hydrogens is 218 g/mol. The first kappa shape index (κ1) is 13.4. The molecule has 0 aliphatic rings. The van der Waals surface area contributed by atoms with Crippen LogP contribution in [0, 0.1) is 0 Å². The predicted molar refractivity (Wildman–Crippen MR) is 66.0 cm³/mol. The largest absolute Gasteiger partial charge is 0.478 e. The van der Waals surface area contributed by atoms with E-state index in [1.807, 2.05) is 0 Å². The average Bonchev–Trinajstić information content (AvgIpc) is 2.28. The summed E-state index contributed by atoms with van der Waals surface area (Å²) in [4.78, 5) is 14.9. The monoisotopic (exact) mass is 237 g/mol. The topological polar surface area (TPSA) is 77.2 Å². The zero-order chi connectivity index (χ0) is 12.7. The SMILES string of the molecule is CC(C)NCCCOc1cc(C(N)=O)ccn1. The van der Waals surface area contributed by atoms with Crippen LogP contribution >= 0.6 is 0 Å². The predicted octanol–water partition coefficient (Wildman–Crippen LogP) is 0.947. The number of carbonyl (C=O) groups excluding carboxylic acids is 1. The number of pyridine rings is 1. The van der Waals surface area contributed by atoms with Gasteiger partial charge in [0.05, 0.1) is 6.61 Å². The van der Waals surface area contributed by atoms with Crippen molar-refractivity contribution in [3.05, 3.63) is 23.9 Å². The van der Waals surface area contributed by atoms with Crippen LogP contribution in [0.15, 0.2) is 18.3 Å². The molecule has 0 saturated heterocycles. The lowest BCUT2D eigenvalue weighted by atomic mass is 10.2. The Morgan fingerprint density at radius 3 is 3.00 bits per heavy atom. The van der Waals surface area contributed by atoms with Gasteiger partial charge in [0.1, 0.15) is 0 Å². The van der Waals surface area contributed by atoms with Crippen molar-refractivity contribution in [1.82, 2.24) is 10.3 Å². The summed E-state index contributed by atoms with van der Waals surface area (Å²) in [6.07, 6.45) is 2.41. The van der Waals surface area contributed by atoms with Crippen molar-refractivity contribution in [3.63, 3.8) is 0 Å². The highest BCUT2D eigenvalue weighted by Gasteiger charge is 2.02. The van der Waals surface area contributed by atoms with Gasteiger partial charge in [-0.15, -0.1) is 0 Å². The zero-order valence-corrected chi connectivity index (χ0v) is 10.3. The molecule has 0 aliphatic carbocycles. The number of carbonyl (C=O) groups is 1. The second-order valence-corrected chi connectivity index (χ2v) is 4.06. The summed E-state index contributed by atoms with van der Waals surface area (Å²) < 4.78 is 5.42. The zero-order valence-electron chi connectivity index (χ0n) is 10.3. The highest BCUT2D eigenvalue weighted by molar-refractivity contribution is 5.92. The van der Waals surface area contributed by atoms with Crippen LogP contribution in [0.3, 0.4) is 0 Å². The van der Waals surface area contributed by atoms with Crippen molar-refractivity contribution in [2.75, 3.05) is 13.2 Å². The van der Waals surface area contributed by atoms with Crippen LogP contribution in [0.1, 0.15) is 30.6 Å². The van der Waals surface area contributed by atoms with Crippen LogP contribution in [0.25, 0.3) is 0 Å². The fourth-order valence-electron chi connectivity index (χ4n) is 1.28. The number of nitrogens with zero attached hydrogens (tertiary/aromatic N) is 1. The van der Waals surface area contributed by atoms with Gasteiger partial charge in [-0.05, 0) is 19.0 Å². The molecule has 0 saturated carbocycles. The smallest absolute Gasteiger partial charge is 0.248 e. The van der Waals surface area contributed by atoms with Crippen molar-refractivity contribution in [3.8, 4) is 5.88 Å². The van der Waals surface area contributed by atoms with Crippen molar-refractivity contribution in [1.29, 1.82) is 0 Å². The van der Waals surface area contributed by atoms with E-state index in [0.29, 0.717) is 24.1 Å². The van der Waals surface area contributed by atoms with E-state index in [1.54, 1.807) is 12.1 Å². The van der Waals surface area contributed by atoms with Gasteiger partial charge in [0.2, 0.25) is 11.8 Å². The summed E-state index contributed by atoms with van der Waals surface area (Å²) in [6, 6.07) is 3.60. The highest BCUT2D eigenvalue weighted by atomic mass is 16.5. The number of ether oxygens (including phenoxy) is 1. The van der Waals surface area contributed by atoms with Gasteiger partial charge >= 0.3 is 0 Å². The normalized spacial score (nSPS) is 10.5. The van der Waals surface area contributed by atoms with Crippen molar-refractivity contribution in [2.45, 2.75) is 26.3 Å². The van der Waals surface area contributed by atoms with Crippen LogP contribution in [0.2, 0.25) is 0 Å². The first-order valence-corrected chi connectivity index (χ1v) is 5.71. The number of hydrogen-bond donors (Lipinski definition) is 2. The van der Waals surface area contributed by atoms with Gasteiger partial charge in [0.15, 0.2) is 0 Å². The molecule has 0 unspecified atom stereocenters. The summed E-state index contributed by atoms with van der Waals surface area (Å²) >= 11 is 0. The van der Waals surface area contributed by atoms with E-state index in [-0.39, 0.29) is 0 Å². The second-order valence-electron chi connectivity index (χ2n) is 4.06. The maximum atomic E-state index is 10.9. The molecule has 0 spiro atoms. The van der Waals surface area contributed by atoms with Crippen LogP contribution < -0.4 is 15.8 Å². The molecule has 0 radical (unpaired) electrons. The molecule has 0 aromatic carbocycles. The quantitative estimate of drug-likeness (QED) is 0.692. The Hall–Kier alpha value is -1.62. The molecule has 1 heterocycles. The lowest BCUT2D eigenvalue weighted by Crippen LogP contribution is -2.24. The third-order valence-corrected chi connectivity index (χ3v) is 2.14. The van der Waals surface area contributed by atoms with E-state index in [2.05, 4.69) is 24.1 Å². The summed E-state index contributed by atoms with van der Waals surface area (Å²) in [5.74, 6) is -0.0374. The molecule has 1 aromatic heterocycles. The molecule has 1 aromatic rings. The fraction of sp³-hybridized carbons (Fsp3) is 0.500. The lowest BCUT2D eigenvalue weighted by Gasteiger charge is -2.08. The Morgan fingerprint density at radius 2 is 2.35 bits per heavy atom. The summed E-state index contributed by atoms with van der Waals surface area (Å²) in [5.41, 5.74) is 5.57. The molecule has 0 bridgehead atoms. The van der Waals surface area contributed by atoms with Crippen molar-refractivity contribution >= 4 is 5.91 Å². The molecule has 0 fully saturated rings. The van der Waals surface area contributed by atoms with Crippen molar-refractivity contribution in [2.24, 2.45) is 5.73 Å². The minimum atomic E-state index is -0.473. The van der Waals surface area contributed by atoms with Gasteiger partial charge in [0.25, 0.3) is 0 Å². The first-order chi connectivity index (χ1) is 8.09. The number of nitrogens with two attached hydrogens (primary N) is 1. The van der Waals surface area contributed by atoms with E-state index in [1.165, 1.54) is 6.20 Å². The Kier molecular flexibility index (Phi) is 5.42. The van der Waals surface area contributed by atoms with E-state index in [4.69, 9.17) is 10.5 Å². The maximum absolute atomic E-state index is 10.9. The van der Waals surface area contributed by atoms with Gasteiger partial charge in [-0.25, -0.2) is 4.98 Å². The third-order valence-electron chi connectivity index (χ3n) is 2.14. The number of aromatic nitrogens is 1. The number of primary amides is 1. The fourth-order valence-corrected chi connectivity index (χ4v) is 1.28.